The Morgan fingerprint density at radius 2 is 1.76 bits per heavy atom. The number of hydrogen-bond donors (Lipinski definition) is 1. The molecule has 1 fully saturated rings. The van der Waals surface area contributed by atoms with Crippen LogP contribution in [0.1, 0.15) is 29.9 Å². The third kappa shape index (κ3) is 3.02. The SMILES string of the molecule is CNC1CCCN(C(=O)OCC2c3ccccc3-c3ccccc32)C1. The van der Waals surface area contributed by atoms with Crippen LogP contribution in [-0.4, -0.2) is 43.8 Å². The van der Waals surface area contributed by atoms with E-state index in [4.69, 9.17) is 4.74 Å². The molecule has 4 nitrogen and oxygen atoms in total. The van der Waals surface area contributed by atoms with Gasteiger partial charge in [0, 0.05) is 25.0 Å². The average molecular weight is 336 g/mol. The van der Waals surface area contributed by atoms with Crippen LogP contribution in [0.15, 0.2) is 48.5 Å². The molecule has 1 heterocycles. The quantitative estimate of drug-likeness (QED) is 0.931. The molecule has 4 rings (SSSR count). The summed E-state index contributed by atoms with van der Waals surface area (Å²) in [5.41, 5.74) is 5.02. The van der Waals surface area contributed by atoms with E-state index in [0.29, 0.717) is 12.6 Å². The molecule has 4 heteroatoms. The van der Waals surface area contributed by atoms with Crippen LogP contribution in [0.25, 0.3) is 11.1 Å². The van der Waals surface area contributed by atoms with E-state index in [0.717, 1.165) is 25.9 Å². The number of nitrogens with one attached hydrogen (secondary N) is 1. The van der Waals surface area contributed by atoms with Crippen molar-refractivity contribution < 1.29 is 9.53 Å². The second-order valence-corrected chi connectivity index (χ2v) is 6.88. The Kier molecular flexibility index (Phi) is 4.45. The maximum Gasteiger partial charge on any atom is 0.409 e. The number of carbonyl (C=O) groups is 1. The van der Waals surface area contributed by atoms with E-state index in [1.807, 2.05) is 11.9 Å². The third-order valence-electron chi connectivity index (χ3n) is 5.42. The molecule has 0 aromatic heterocycles. The number of carbonyl (C=O) groups excluding carboxylic acids is 1. The first-order chi connectivity index (χ1) is 12.3. The summed E-state index contributed by atoms with van der Waals surface area (Å²) in [4.78, 5) is 14.3. The standard InChI is InChI=1S/C21H24N2O2/c1-22-15-7-6-12-23(13-15)21(24)25-14-20-18-10-4-2-8-16(18)17-9-3-5-11-19(17)20/h2-5,8-11,15,20,22H,6-7,12-14H2,1H3. The smallest absolute Gasteiger partial charge is 0.409 e. The fourth-order valence-electron chi connectivity index (χ4n) is 4.06. The second-order valence-electron chi connectivity index (χ2n) is 6.88. The number of likely N-dealkylation sites (tertiary alicyclic amines) is 1. The highest BCUT2D eigenvalue weighted by atomic mass is 16.6. The minimum atomic E-state index is -0.193. The summed E-state index contributed by atoms with van der Waals surface area (Å²) in [6.45, 7) is 1.91. The van der Waals surface area contributed by atoms with Gasteiger partial charge in [0.25, 0.3) is 0 Å². The van der Waals surface area contributed by atoms with E-state index in [2.05, 4.69) is 53.8 Å². The maximum absolute atomic E-state index is 12.5. The zero-order valence-electron chi connectivity index (χ0n) is 14.6. The van der Waals surface area contributed by atoms with Crippen LogP contribution < -0.4 is 5.32 Å². The maximum atomic E-state index is 12.5. The van der Waals surface area contributed by atoms with Crippen molar-refractivity contribution in [1.82, 2.24) is 10.2 Å². The van der Waals surface area contributed by atoms with Crippen molar-refractivity contribution >= 4 is 6.09 Å². The Balaban J connectivity index is 1.49. The van der Waals surface area contributed by atoms with Crippen LogP contribution in [0.5, 0.6) is 0 Å². The molecule has 1 atom stereocenters. The van der Waals surface area contributed by atoms with Gasteiger partial charge < -0.3 is 15.0 Å². The lowest BCUT2D eigenvalue weighted by molar-refractivity contribution is 0.0873. The number of benzene rings is 2. The van der Waals surface area contributed by atoms with Crippen LogP contribution in [-0.2, 0) is 4.74 Å². The minimum Gasteiger partial charge on any atom is -0.448 e. The van der Waals surface area contributed by atoms with Crippen LogP contribution in [0.3, 0.4) is 0 Å². The van der Waals surface area contributed by atoms with Crippen molar-refractivity contribution in [2.45, 2.75) is 24.8 Å². The van der Waals surface area contributed by atoms with Gasteiger partial charge in [0.2, 0.25) is 0 Å². The molecule has 2 aromatic carbocycles. The summed E-state index contributed by atoms with van der Waals surface area (Å²) in [5, 5.41) is 3.26. The molecule has 1 amide bonds. The van der Waals surface area contributed by atoms with Gasteiger partial charge in [-0.25, -0.2) is 4.79 Å². The molecule has 1 saturated heterocycles. The molecule has 2 aromatic rings. The van der Waals surface area contributed by atoms with E-state index in [9.17, 15) is 4.79 Å². The van der Waals surface area contributed by atoms with Gasteiger partial charge in [-0.1, -0.05) is 48.5 Å². The number of amides is 1. The van der Waals surface area contributed by atoms with Crippen LogP contribution in [0.2, 0.25) is 0 Å². The molecular weight excluding hydrogens is 312 g/mol. The van der Waals surface area contributed by atoms with Crippen molar-refractivity contribution in [1.29, 1.82) is 0 Å². The van der Waals surface area contributed by atoms with Gasteiger partial charge in [0.05, 0.1) is 0 Å². The summed E-state index contributed by atoms with van der Waals surface area (Å²) in [7, 11) is 1.95. The number of rotatable bonds is 3. The summed E-state index contributed by atoms with van der Waals surface area (Å²) in [6.07, 6.45) is 1.95. The van der Waals surface area contributed by atoms with E-state index < -0.39 is 0 Å². The van der Waals surface area contributed by atoms with E-state index in [1.54, 1.807) is 0 Å². The third-order valence-corrected chi connectivity index (χ3v) is 5.42. The molecule has 0 spiro atoms. The lowest BCUT2D eigenvalue weighted by Gasteiger charge is -2.32. The Bertz CT molecular complexity index is 728. The van der Waals surface area contributed by atoms with Gasteiger partial charge in [-0.05, 0) is 42.1 Å². The highest BCUT2D eigenvalue weighted by Crippen LogP contribution is 2.44. The zero-order valence-corrected chi connectivity index (χ0v) is 14.6. The number of likely N-dealkylation sites (N-methyl/N-ethyl adjacent to an activating group) is 1. The Labute approximate surface area is 148 Å². The number of piperidine rings is 1. The van der Waals surface area contributed by atoms with Gasteiger partial charge in [-0.15, -0.1) is 0 Å². The number of nitrogens with zero attached hydrogens (tertiary/aromatic N) is 1. The van der Waals surface area contributed by atoms with Gasteiger partial charge >= 0.3 is 6.09 Å². The van der Waals surface area contributed by atoms with Crippen molar-refractivity contribution in [3.63, 3.8) is 0 Å². The summed E-state index contributed by atoms with van der Waals surface area (Å²) < 4.78 is 5.73. The summed E-state index contributed by atoms with van der Waals surface area (Å²) in [6, 6.07) is 17.2. The van der Waals surface area contributed by atoms with Gasteiger partial charge in [-0.3, -0.25) is 0 Å². The molecule has 0 bridgehead atoms. The minimum absolute atomic E-state index is 0.126. The fourth-order valence-corrected chi connectivity index (χ4v) is 4.06. The van der Waals surface area contributed by atoms with Crippen LogP contribution in [0.4, 0.5) is 4.79 Å². The molecule has 130 valence electrons. The highest BCUT2D eigenvalue weighted by Gasteiger charge is 2.30. The molecule has 25 heavy (non-hydrogen) atoms. The zero-order chi connectivity index (χ0) is 17.2. The van der Waals surface area contributed by atoms with E-state index in [-0.39, 0.29) is 12.0 Å². The van der Waals surface area contributed by atoms with Gasteiger partial charge in [0.15, 0.2) is 0 Å². The second kappa shape index (κ2) is 6.89. The first-order valence-electron chi connectivity index (χ1n) is 9.05. The molecular formula is C21H24N2O2. The lowest BCUT2D eigenvalue weighted by atomic mass is 9.98. The van der Waals surface area contributed by atoms with Crippen molar-refractivity contribution in [3.8, 4) is 11.1 Å². The largest absolute Gasteiger partial charge is 0.448 e. The van der Waals surface area contributed by atoms with Crippen LogP contribution >= 0.6 is 0 Å². The molecule has 1 aliphatic carbocycles. The van der Waals surface area contributed by atoms with Crippen molar-refractivity contribution in [2.75, 3.05) is 26.7 Å². The first-order valence-corrected chi connectivity index (χ1v) is 9.05. The Morgan fingerprint density at radius 1 is 1.12 bits per heavy atom. The summed E-state index contributed by atoms with van der Waals surface area (Å²) >= 11 is 0. The number of ether oxygens (including phenoxy) is 1. The molecule has 0 saturated carbocycles. The molecule has 1 aliphatic heterocycles. The first kappa shape index (κ1) is 16.2. The summed E-state index contributed by atoms with van der Waals surface area (Å²) in [5.74, 6) is 0.126. The Morgan fingerprint density at radius 3 is 2.40 bits per heavy atom. The normalized spacial score (nSPS) is 19.4. The van der Waals surface area contributed by atoms with Crippen molar-refractivity contribution in [3.05, 3.63) is 59.7 Å². The highest BCUT2D eigenvalue weighted by molar-refractivity contribution is 5.79. The fraction of sp³-hybridized carbons (Fsp3) is 0.381. The molecule has 1 N–H and O–H groups in total. The molecule has 1 unspecified atom stereocenters. The Hall–Kier alpha value is -2.33. The van der Waals surface area contributed by atoms with Crippen LogP contribution in [0, 0.1) is 0 Å². The number of fused-ring (bicyclic) bond motifs is 3. The van der Waals surface area contributed by atoms with Gasteiger partial charge in [-0.2, -0.15) is 0 Å². The predicted molar refractivity (Wildman–Crippen MR) is 98.7 cm³/mol. The molecule has 0 radical (unpaired) electrons. The van der Waals surface area contributed by atoms with Gasteiger partial charge in [0.1, 0.15) is 6.61 Å². The predicted octanol–water partition coefficient (Wildman–Crippen LogP) is 3.62. The average Bonchev–Trinajstić information content (AvgIpc) is 3.00. The number of hydrogen-bond acceptors (Lipinski definition) is 3. The topological polar surface area (TPSA) is 41.6 Å². The van der Waals surface area contributed by atoms with E-state index in [1.165, 1.54) is 22.3 Å². The monoisotopic (exact) mass is 336 g/mol. The van der Waals surface area contributed by atoms with Crippen molar-refractivity contribution in [2.24, 2.45) is 0 Å². The molecule has 2 aliphatic rings. The lowest BCUT2D eigenvalue weighted by Crippen LogP contribution is -2.47. The van der Waals surface area contributed by atoms with E-state index >= 15 is 0 Å².